The molecule has 1 aromatic heterocycles. The Morgan fingerprint density at radius 2 is 2.33 bits per heavy atom. The summed E-state index contributed by atoms with van der Waals surface area (Å²) in [4.78, 5) is 23.7. The van der Waals surface area contributed by atoms with Crippen molar-refractivity contribution < 1.29 is 19.2 Å². The number of carboxylic acids is 1. The van der Waals surface area contributed by atoms with Crippen LogP contribution < -0.4 is 5.32 Å². The summed E-state index contributed by atoms with van der Waals surface area (Å²) >= 11 is 0. The standard InChI is InChI=1S/C11H15N3O4/c1-3-4-14(7-11(16)17)6-10(15)12-9-5-8(2)18-13-9/h3,5H,1,4,6-7H2,2H3,(H,16,17)(H,12,13,15). The van der Waals surface area contributed by atoms with Gasteiger partial charge in [0.25, 0.3) is 0 Å². The summed E-state index contributed by atoms with van der Waals surface area (Å²) in [6.45, 7) is 5.25. The Morgan fingerprint density at radius 1 is 1.61 bits per heavy atom. The monoisotopic (exact) mass is 253 g/mol. The lowest BCUT2D eigenvalue weighted by Crippen LogP contribution is -2.37. The SMILES string of the molecule is C=CCN(CC(=O)O)CC(=O)Nc1cc(C)on1. The zero-order chi connectivity index (χ0) is 13.5. The van der Waals surface area contributed by atoms with Crippen molar-refractivity contribution in [3.63, 3.8) is 0 Å². The highest BCUT2D eigenvalue weighted by atomic mass is 16.5. The molecule has 0 aliphatic rings. The molecule has 0 saturated heterocycles. The smallest absolute Gasteiger partial charge is 0.317 e. The van der Waals surface area contributed by atoms with Gasteiger partial charge in [0.15, 0.2) is 5.82 Å². The Morgan fingerprint density at radius 3 is 2.83 bits per heavy atom. The minimum absolute atomic E-state index is 0.0514. The topological polar surface area (TPSA) is 95.7 Å². The van der Waals surface area contributed by atoms with Crippen LogP contribution in [0, 0.1) is 6.92 Å². The van der Waals surface area contributed by atoms with E-state index >= 15 is 0 Å². The van der Waals surface area contributed by atoms with Crippen LogP contribution in [0.4, 0.5) is 5.82 Å². The Hall–Kier alpha value is -2.15. The number of aliphatic carboxylic acids is 1. The van der Waals surface area contributed by atoms with Gasteiger partial charge in [0, 0.05) is 12.6 Å². The van der Waals surface area contributed by atoms with E-state index in [2.05, 4.69) is 17.1 Å². The predicted molar refractivity (Wildman–Crippen MR) is 64.1 cm³/mol. The molecule has 0 aromatic carbocycles. The van der Waals surface area contributed by atoms with Crippen LogP contribution in [-0.2, 0) is 9.59 Å². The molecule has 1 amide bonds. The van der Waals surface area contributed by atoms with Crippen LogP contribution in [0.3, 0.4) is 0 Å². The second-order valence-electron chi connectivity index (χ2n) is 3.72. The van der Waals surface area contributed by atoms with Crippen molar-refractivity contribution in [3.8, 4) is 0 Å². The highest BCUT2D eigenvalue weighted by Gasteiger charge is 2.13. The lowest BCUT2D eigenvalue weighted by atomic mass is 10.4. The molecule has 18 heavy (non-hydrogen) atoms. The van der Waals surface area contributed by atoms with Crippen LogP contribution in [-0.4, -0.2) is 46.7 Å². The van der Waals surface area contributed by atoms with Crippen molar-refractivity contribution in [1.82, 2.24) is 10.1 Å². The van der Waals surface area contributed by atoms with Gasteiger partial charge in [-0.25, -0.2) is 0 Å². The quantitative estimate of drug-likeness (QED) is 0.687. The van der Waals surface area contributed by atoms with Gasteiger partial charge in [0.2, 0.25) is 5.91 Å². The van der Waals surface area contributed by atoms with Gasteiger partial charge in [-0.2, -0.15) is 0 Å². The molecule has 7 nitrogen and oxygen atoms in total. The number of aromatic nitrogens is 1. The second-order valence-corrected chi connectivity index (χ2v) is 3.72. The first-order chi connectivity index (χ1) is 8.51. The Kier molecular flexibility index (Phi) is 5.06. The fourth-order valence-electron chi connectivity index (χ4n) is 1.37. The zero-order valence-corrected chi connectivity index (χ0v) is 10.0. The number of aryl methyl sites for hydroxylation is 1. The van der Waals surface area contributed by atoms with Gasteiger partial charge in [0.05, 0.1) is 13.1 Å². The molecule has 0 bridgehead atoms. The maximum atomic E-state index is 11.6. The summed E-state index contributed by atoms with van der Waals surface area (Å²) in [6, 6.07) is 1.58. The Balaban J connectivity index is 2.50. The Labute approximate surface area is 104 Å². The third-order valence-electron chi connectivity index (χ3n) is 2.01. The third-order valence-corrected chi connectivity index (χ3v) is 2.01. The van der Waals surface area contributed by atoms with Crippen LogP contribution >= 0.6 is 0 Å². The summed E-state index contributed by atoms with van der Waals surface area (Å²) < 4.78 is 4.79. The Bertz CT molecular complexity index is 441. The molecule has 0 aliphatic carbocycles. The third kappa shape index (κ3) is 4.79. The van der Waals surface area contributed by atoms with E-state index in [0.29, 0.717) is 18.1 Å². The van der Waals surface area contributed by atoms with Gasteiger partial charge in [0.1, 0.15) is 5.76 Å². The number of rotatable bonds is 7. The van der Waals surface area contributed by atoms with Crippen LogP contribution in [0.5, 0.6) is 0 Å². The van der Waals surface area contributed by atoms with E-state index in [0.717, 1.165) is 0 Å². The van der Waals surface area contributed by atoms with E-state index in [4.69, 9.17) is 9.63 Å². The van der Waals surface area contributed by atoms with E-state index in [-0.39, 0.29) is 19.0 Å². The second kappa shape index (κ2) is 6.55. The zero-order valence-electron chi connectivity index (χ0n) is 10.0. The lowest BCUT2D eigenvalue weighted by molar-refractivity contribution is -0.138. The molecular weight excluding hydrogens is 238 g/mol. The van der Waals surface area contributed by atoms with Crippen molar-refractivity contribution in [3.05, 3.63) is 24.5 Å². The van der Waals surface area contributed by atoms with Crippen molar-refractivity contribution in [1.29, 1.82) is 0 Å². The number of hydrogen-bond donors (Lipinski definition) is 2. The molecule has 0 spiro atoms. The largest absolute Gasteiger partial charge is 0.480 e. The molecule has 2 N–H and O–H groups in total. The fourth-order valence-corrected chi connectivity index (χ4v) is 1.37. The molecule has 98 valence electrons. The van der Waals surface area contributed by atoms with Gasteiger partial charge < -0.3 is 14.9 Å². The van der Waals surface area contributed by atoms with Crippen molar-refractivity contribution in [2.75, 3.05) is 25.0 Å². The molecule has 0 aliphatic heterocycles. The molecular formula is C11H15N3O4. The molecule has 1 rings (SSSR count). The molecule has 0 radical (unpaired) electrons. The number of anilines is 1. The molecule has 1 heterocycles. The molecule has 0 fully saturated rings. The van der Waals surface area contributed by atoms with Crippen molar-refractivity contribution >= 4 is 17.7 Å². The lowest BCUT2D eigenvalue weighted by Gasteiger charge is -2.16. The van der Waals surface area contributed by atoms with E-state index in [1.807, 2.05) is 0 Å². The molecule has 0 unspecified atom stereocenters. The average molecular weight is 253 g/mol. The van der Waals surface area contributed by atoms with Crippen LogP contribution in [0.2, 0.25) is 0 Å². The van der Waals surface area contributed by atoms with E-state index in [1.54, 1.807) is 13.0 Å². The minimum Gasteiger partial charge on any atom is -0.480 e. The van der Waals surface area contributed by atoms with E-state index in [9.17, 15) is 9.59 Å². The number of hydrogen-bond acceptors (Lipinski definition) is 5. The van der Waals surface area contributed by atoms with Crippen LogP contribution in [0.25, 0.3) is 0 Å². The average Bonchev–Trinajstić information content (AvgIpc) is 2.62. The van der Waals surface area contributed by atoms with Gasteiger partial charge in [-0.05, 0) is 6.92 Å². The first kappa shape index (κ1) is 13.9. The maximum absolute atomic E-state index is 11.6. The first-order valence-electron chi connectivity index (χ1n) is 5.29. The number of nitrogens with one attached hydrogen (secondary N) is 1. The summed E-state index contributed by atoms with van der Waals surface area (Å²) in [6.07, 6.45) is 1.54. The van der Waals surface area contributed by atoms with Gasteiger partial charge >= 0.3 is 5.97 Å². The van der Waals surface area contributed by atoms with Crippen LogP contribution in [0.15, 0.2) is 23.2 Å². The molecule has 0 saturated carbocycles. The van der Waals surface area contributed by atoms with Crippen LogP contribution in [0.1, 0.15) is 5.76 Å². The van der Waals surface area contributed by atoms with Crippen molar-refractivity contribution in [2.45, 2.75) is 6.92 Å². The summed E-state index contributed by atoms with van der Waals surface area (Å²) in [5, 5.41) is 14.8. The predicted octanol–water partition coefficient (Wildman–Crippen LogP) is 0.494. The van der Waals surface area contributed by atoms with E-state index in [1.165, 1.54) is 11.0 Å². The summed E-state index contributed by atoms with van der Waals surface area (Å²) in [5.74, 6) is -0.460. The maximum Gasteiger partial charge on any atom is 0.317 e. The molecule has 1 aromatic rings. The van der Waals surface area contributed by atoms with Gasteiger partial charge in [-0.3, -0.25) is 14.5 Å². The highest BCUT2D eigenvalue weighted by Crippen LogP contribution is 2.06. The first-order valence-corrected chi connectivity index (χ1v) is 5.29. The highest BCUT2D eigenvalue weighted by molar-refractivity contribution is 5.91. The minimum atomic E-state index is -0.998. The fraction of sp³-hybridized carbons (Fsp3) is 0.364. The normalized spacial score (nSPS) is 10.3. The molecule has 0 atom stereocenters. The van der Waals surface area contributed by atoms with Crippen molar-refractivity contribution in [2.24, 2.45) is 0 Å². The molecule has 7 heteroatoms. The number of carbonyl (C=O) groups excluding carboxylic acids is 1. The van der Waals surface area contributed by atoms with Gasteiger partial charge in [-0.1, -0.05) is 11.2 Å². The number of carbonyl (C=O) groups is 2. The number of carboxylic acid groups (broad SMARTS) is 1. The number of amides is 1. The summed E-state index contributed by atoms with van der Waals surface area (Å²) in [7, 11) is 0. The van der Waals surface area contributed by atoms with Gasteiger partial charge in [-0.15, -0.1) is 6.58 Å². The number of nitrogens with zero attached hydrogens (tertiary/aromatic N) is 2. The van der Waals surface area contributed by atoms with E-state index < -0.39 is 5.97 Å². The summed E-state index contributed by atoms with van der Waals surface area (Å²) in [5.41, 5.74) is 0.